The van der Waals surface area contributed by atoms with Gasteiger partial charge in [-0.3, -0.25) is 4.79 Å². The van der Waals surface area contributed by atoms with Gasteiger partial charge in [0.2, 0.25) is 10.0 Å². The molecule has 3 rings (SSSR count). The molecule has 32 heavy (non-hydrogen) atoms. The minimum Gasteiger partial charge on any atom is -0.309 e. The molecule has 0 atom stereocenters. The van der Waals surface area contributed by atoms with Gasteiger partial charge in [0.25, 0.3) is 5.91 Å². The van der Waals surface area contributed by atoms with E-state index in [9.17, 15) is 18.5 Å². The Morgan fingerprint density at radius 1 is 1.12 bits per heavy atom. The van der Waals surface area contributed by atoms with Crippen molar-refractivity contribution in [1.29, 1.82) is 5.26 Å². The lowest BCUT2D eigenvalue weighted by Gasteiger charge is -2.24. The number of para-hydroxylation sites is 1. The van der Waals surface area contributed by atoms with Crippen molar-refractivity contribution >= 4 is 21.6 Å². The summed E-state index contributed by atoms with van der Waals surface area (Å²) in [6, 6.07) is 16.8. The predicted molar refractivity (Wildman–Crippen MR) is 122 cm³/mol. The number of amides is 1. The Morgan fingerprint density at radius 2 is 1.81 bits per heavy atom. The lowest BCUT2D eigenvalue weighted by molar-refractivity contribution is 0.0985. The van der Waals surface area contributed by atoms with E-state index in [1.807, 2.05) is 0 Å². The Balaban J connectivity index is 2.06. The van der Waals surface area contributed by atoms with E-state index in [0.29, 0.717) is 16.9 Å². The van der Waals surface area contributed by atoms with Crippen LogP contribution in [0.4, 0.5) is 5.69 Å². The minimum absolute atomic E-state index is 0.0000371. The third-order valence-electron chi connectivity index (χ3n) is 4.53. The molecule has 166 valence electrons. The molecule has 2 aromatic carbocycles. The van der Waals surface area contributed by atoms with Crippen LogP contribution < -0.4 is 9.62 Å². The van der Waals surface area contributed by atoms with E-state index in [0.717, 1.165) is 0 Å². The highest BCUT2D eigenvalue weighted by Crippen LogP contribution is 2.27. The van der Waals surface area contributed by atoms with Crippen molar-refractivity contribution in [2.45, 2.75) is 38.1 Å². The fourth-order valence-corrected chi connectivity index (χ4v) is 4.91. The van der Waals surface area contributed by atoms with Crippen LogP contribution >= 0.6 is 0 Å². The maximum absolute atomic E-state index is 13.5. The number of carbonyl (C=O) groups is 1. The zero-order chi connectivity index (χ0) is 23.7. The number of sulfonamides is 1. The van der Waals surface area contributed by atoms with Gasteiger partial charge in [-0.25, -0.2) is 17.8 Å². The number of nitrogens with zero attached hydrogens (tertiary/aromatic N) is 4. The number of nitriles is 1. The molecule has 1 amide bonds. The smallest absolute Gasteiger partial charge is 0.276 e. The van der Waals surface area contributed by atoms with Gasteiger partial charge in [-0.1, -0.05) is 18.2 Å². The molecule has 0 bridgehead atoms. The molecule has 0 aliphatic rings. The van der Waals surface area contributed by atoms with Crippen molar-refractivity contribution in [2.24, 2.45) is 0 Å². The van der Waals surface area contributed by atoms with Gasteiger partial charge >= 0.3 is 0 Å². The molecule has 3 aromatic rings. The Morgan fingerprint density at radius 3 is 2.47 bits per heavy atom. The second-order valence-corrected chi connectivity index (χ2v) is 10.1. The summed E-state index contributed by atoms with van der Waals surface area (Å²) in [4.78, 5) is 14.7. The van der Waals surface area contributed by atoms with Gasteiger partial charge in [-0.15, -0.1) is 0 Å². The Bertz CT molecular complexity index is 1310. The molecule has 0 unspecified atom stereocenters. The molecule has 0 saturated carbocycles. The summed E-state index contributed by atoms with van der Waals surface area (Å²) in [6.07, 6.45) is 0. The van der Waals surface area contributed by atoms with Crippen LogP contribution in [0, 0.1) is 18.3 Å². The standard InChI is InChI=1S/C23H25N5O3S/c1-16-13-20(28(25-16)18-10-8-9-17(14-18)15-24)22(29)27(5)19-11-6-7-12-21(19)32(30,31)26-23(2,3)4/h6-14,26H,1-5H3. The van der Waals surface area contributed by atoms with Crippen LogP contribution in [0.1, 0.15) is 42.5 Å². The Hall–Kier alpha value is -3.48. The number of rotatable bonds is 5. The van der Waals surface area contributed by atoms with Gasteiger partial charge < -0.3 is 4.90 Å². The van der Waals surface area contributed by atoms with Gasteiger partial charge in [0, 0.05) is 12.6 Å². The number of aromatic nitrogens is 2. The van der Waals surface area contributed by atoms with Gasteiger partial charge in [0.05, 0.1) is 28.7 Å². The number of carbonyl (C=O) groups excluding carboxylic acids is 1. The molecular weight excluding hydrogens is 426 g/mol. The van der Waals surface area contributed by atoms with Gasteiger partial charge in [-0.05, 0) is 64.1 Å². The summed E-state index contributed by atoms with van der Waals surface area (Å²) in [5, 5.41) is 13.6. The first-order valence-corrected chi connectivity index (χ1v) is 11.4. The summed E-state index contributed by atoms with van der Waals surface area (Å²) in [7, 11) is -2.36. The molecule has 1 heterocycles. The monoisotopic (exact) mass is 451 g/mol. The number of benzene rings is 2. The summed E-state index contributed by atoms with van der Waals surface area (Å²) in [6.45, 7) is 7.00. The number of anilines is 1. The molecule has 1 N–H and O–H groups in total. The van der Waals surface area contributed by atoms with E-state index in [4.69, 9.17) is 0 Å². The molecule has 0 spiro atoms. The number of aryl methyl sites for hydroxylation is 1. The van der Waals surface area contributed by atoms with Gasteiger partial charge in [0.15, 0.2) is 0 Å². The highest BCUT2D eigenvalue weighted by Gasteiger charge is 2.28. The molecule has 0 aliphatic carbocycles. The van der Waals surface area contributed by atoms with Crippen molar-refractivity contribution in [1.82, 2.24) is 14.5 Å². The van der Waals surface area contributed by atoms with Crippen LogP contribution in [0.15, 0.2) is 59.5 Å². The zero-order valence-corrected chi connectivity index (χ0v) is 19.4. The second kappa shape index (κ2) is 8.57. The van der Waals surface area contributed by atoms with E-state index in [1.54, 1.807) is 76.2 Å². The highest BCUT2D eigenvalue weighted by molar-refractivity contribution is 7.89. The number of hydrogen-bond acceptors (Lipinski definition) is 5. The van der Waals surface area contributed by atoms with Crippen molar-refractivity contribution in [3.8, 4) is 11.8 Å². The number of hydrogen-bond donors (Lipinski definition) is 1. The first-order valence-electron chi connectivity index (χ1n) is 9.91. The fraction of sp³-hybridized carbons (Fsp3) is 0.261. The van der Waals surface area contributed by atoms with E-state index >= 15 is 0 Å². The van der Waals surface area contributed by atoms with Crippen molar-refractivity contribution < 1.29 is 13.2 Å². The molecule has 0 aliphatic heterocycles. The Labute approximate surface area is 188 Å². The van der Waals surface area contributed by atoms with Crippen molar-refractivity contribution in [3.05, 3.63) is 71.5 Å². The maximum Gasteiger partial charge on any atom is 0.276 e. The number of nitrogens with one attached hydrogen (secondary N) is 1. The predicted octanol–water partition coefficient (Wildman–Crippen LogP) is 3.41. The topological polar surface area (TPSA) is 108 Å². The largest absolute Gasteiger partial charge is 0.309 e. The lowest BCUT2D eigenvalue weighted by Crippen LogP contribution is -2.41. The quantitative estimate of drug-likeness (QED) is 0.640. The molecule has 9 heteroatoms. The summed E-state index contributed by atoms with van der Waals surface area (Å²) in [5.74, 6) is -0.439. The van der Waals surface area contributed by atoms with Gasteiger partial charge in [-0.2, -0.15) is 10.4 Å². The van der Waals surface area contributed by atoms with Crippen molar-refractivity contribution in [2.75, 3.05) is 11.9 Å². The average Bonchev–Trinajstić information content (AvgIpc) is 3.12. The normalized spacial score (nSPS) is 11.8. The summed E-state index contributed by atoms with van der Waals surface area (Å²) in [5.41, 5.74) is 1.41. The second-order valence-electron chi connectivity index (χ2n) is 8.43. The van der Waals surface area contributed by atoms with Gasteiger partial charge in [0.1, 0.15) is 10.6 Å². The molecule has 8 nitrogen and oxygen atoms in total. The third-order valence-corrected chi connectivity index (χ3v) is 6.34. The van der Waals surface area contributed by atoms with E-state index < -0.39 is 21.5 Å². The lowest BCUT2D eigenvalue weighted by atomic mass is 10.1. The average molecular weight is 452 g/mol. The van der Waals surface area contributed by atoms with Crippen LogP contribution in [0.25, 0.3) is 5.69 Å². The first-order chi connectivity index (χ1) is 14.9. The van der Waals surface area contributed by atoms with Crippen LogP contribution in [0.2, 0.25) is 0 Å². The molecule has 0 fully saturated rings. The van der Waals surface area contributed by atoms with Crippen LogP contribution in [-0.4, -0.2) is 36.7 Å². The van der Waals surface area contributed by atoms with E-state index in [2.05, 4.69) is 15.9 Å². The van der Waals surface area contributed by atoms with Crippen molar-refractivity contribution in [3.63, 3.8) is 0 Å². The highest BCUT2D eigenvalue weighted by atomic mass is 32.2. The van der Waals surface area contributed by atoms with Crippen LogP contribution in [0.3, 0.4) is 0 Å². The van der Waals surface area contributed by atoms with Crippen LogP contribution in [-0.2, 0) is 10.0 Å². The maximum atomic E-state index is 13.5. The zero-order valence-electron chi connectivity index (χ0n) is 18.6. The molecule has 0 radical (unpaired) electrons. The minimum atomic E-state index is -3.88. The first kappa shape index (κ1) is 23.2. The molecular formula is C23H25N5O3S. The molecule has 0 saturated heterocycles. The molecule has 1 aromatic heterocycles. The van der Waals surface area contributed by atoms with E-state index in [-0.39, 0.29) is 16.3 Å². The SMILES string of the molecule is Cc1cc(C(=O)N(C)c2ccccc2S(=O)(=O)NC(C)(C)C)n(-c2cccc(C#N)c2)n1. The third kappa shape index (κ3) is 4.88. The Kier molecular flexibility index (Phi) is 6.21. The fourth-order valence-electron chi connectivity index (χ4n) is 3.26. The van der Waals surface area contributed by atoms with Crippen LogP contribution in [0.5, 0.6) is 0 Å². The van der Waals surface area contributed by atoms with E-state index in [1.165, 1.54) is 22.7 Å². The summed E-state index contributed by atoms with van der Waals surface area (Å²) >= 11 is 0. The summed E-state index contributed by atoms with van der Waals surface area (Å²) < 4.78 is 30.1.